The summed E-state index contributed by atoms with van der Waals surface area (Å²) in [7, 11) is 0. The van der Waals surface area contributed by atoms with Crippen LogP contribution in [0.15, 0.2) is 0 Å². The van der Waals surface area contributed by atoms with E-state index in [0.717, 1.165) is 18.0 Å². The van der Waals surface area contributed by atoms with Crippen molar-refractivity contribution in [3.63, 3.8) is 0 Å². The first-order chi connectivity index (χ1) is 8.42. The van der Waals surface area contributed by atoms with Gasteiger partial charge in [-0.1, -0.05) is 0 Å². The van der Waals surface area contributed by atoms with E-state index in [4.69, 9.17) is 0 Å². The Morgan fingerprint density at radius 1 is 1.12 bits per heavy atom. The molecule has 2 saturated heterocycles. The molecule has 0 amide bonds. The molecule has 1 N–H and O–H groups in total. The Labute approximate surface area is 110 Å². The Hall–Kier alpha value is 0.270. The zero-order valence-corrected chi connectivity index (χ0v) is 11.7. The molecule has 3 aliphatic rings. The standard InChI is InChI=1S/C14H26N2S/c1-2-14-10-13(5-8-16(14)7-1)15-6-9-17-11-12-3-4-12/h12-15H,1-11H2/t13-,14-/m0/s1. The summed E-state index contributed by atoms with van der Waals surface area (Å²) in [5, 5.41) is 3.78. The molecule has 0 aromatic rings. The van der Waals surface area contributed by atoms with Gasteiger partial charge in [-0.25, -0.2) is 0 Å². The maximum absolute atomic E-state index is 3.78. The Morgan fingerprint density at radius 2 is 2.06 bits per heavy atom. The minimum Gasteiger partial charge on any atom is -0.313 e. The molecule has 0 radical (unpaired) electrons. The van der Waals surface area contributed by atoms with Crippen LogP contribution in [-0.2, 0) is 0 Å². The zero-order valence-electron chi connectivity index (χ0n) is 10.9. The van der Waals surface area contributed by atoms with Crippen molar-refractivity contribution in [1.29, 1.82) is 0 Å². The smallest absolute Gasteiger partial charge is 0.0111 e. The van der Waals surface area contributed by atoms with Gasteiger partial charge in [0.05, 0.1) is 0 Å². The van der Waals surface area contributed by atoms with Gasteiger partial charge in [-0.05, 0) is 63.3 Å². The first-order valence-electron chi connectivity index (χ1n) is 7.47. The lowest BCUT2D eigenvalue weighted by Gasteiger charge is -2.35. The van der Waals surface area contributed by atoms with Gasteiger partial charge < -0.3 is 10.2 Å². The molecule has 1 saturated carbocycles. The normalized spacial score (nSPS) is 33.9. The fourth-order valence-electron chi connectivity index (χ4n) is 3.28. The summed E-state index contributed by atoms with van der Waals surface area (Å²) in [6.07, 6.45) is 8.68. The van der Waals surface area contributed by atoms with Crippen LogP contribution >= 0.6 is 11.8 Å². The molecule has 0 bridgehead atoms. The van der Waals surface area contributed by atoms with Gasteiger partial charge >= 0.3 is 0 Å². The topological polar surface area (TPSA) is 15.3 Å². The van der Waals surface area contributed by atoms with E-state index in [0.29, 0.717) is 0 Å². The highest BCUT2D eigenvalue weighted by Gasteiger charge is 2.31. The van der Waals surface area contributed by atoms with E-state index in [-0.39, 0.29) is 0 Å². The Bertz CT molecular complexity index is 242. The molecule has 3 heteroatoms. The molecule has 2 atom stereocenters. The van der Waals surface area contributed by atoms with Crippen molar-refractivity contribution in [2.45, 2.75) is 50.6 Å². The average molecular weight is 254 g/mol. The predicted octanol–water partition coefficient (Wildman–Crippen LogP) is 2.35. The molecule has 2 aliphatic heterocycles. The highest BCUT2D eigenvalue weighted by atomic mass is 32.2. The molecule has 2 heterocycles. The van der Waals surface area contributed by atoms with E-state index >= 15 is 0 Å². The summed E-state index contributed by atoms with van der Waals surface area (Å²) in [5.74, 6) is 3.83. The van der Waals surface area contributed by atoms with Crippen LogP contribution < -0.4 is 5.32 Å². The molecule has 17 heavy (non-hydrogen) atoms. The zero-order chi connectivity index (χ0) is 11.5. The molecule has 0 aromatic carbocycles. The summed E-state index contributed by atoms with van der Waals surface area (Å²) in [4.78, 5) is 2.71. The fourth-order valence-corrected chi connectivity index (χ4v) is 4.38. The van der Waals surface area contributed by atoms with E-state index in [1.807, 2.05) is 0 Å². The second kappa shape index (κ2) is 5.94. The number of hydrogen-bond donors (Lipinski definition) is 1. The van der Waals surface area contributed by atoms with Crippen molar-refractivity contribution in [3.8, 4) is 0 Å². The molecular formula is C14H26N2S. The van der Waals surface area contributed by atoms with Gasteiger partial charge in [0, 0.05) is 24.4 Å². The molecule has 0 unspecified atom stereocenters. The maximum Gasteiger partial charge on any atom is 0.0111 e. The lowest BCUT2D eigenvalue weighted by molar-refractivity contribution is 0.168. The lowest BCUT2D eigenvalue weighted by Crippen LogP contribution is -2.46. The first-order valence-corrected chi connectivity index (χ1v) is 8.62. The summed E-state index contributed by atoms with van der Waals surface area (Å²) in [6.45, 7) is 3.95. The lowest BCUT2D eigenvalue weighted by atomic mass is 9.98. The van der Waals surface area contributed by atoms with Crippen molar-refractivity contribution in [1.82, 2.24) is 10.2 Å². The monoisotopic (exact) mass is 254 g/mol. The highest BCUT2D eigenvalue weighted by Crippen LogP contribution is 2.32. The number of rotatable bonds is 6. The van der Waals surface area contributed by atoms with Crippen LogP contribution in [0.2, 0.25) is 0 Å². The highest BCUT2D eigenvalue weighted by molar-refractivity contribution is 7.99. The number of nitrogens with zero attached hydrogens (tertiary/aromatic N) is 1. The van der Waals surface area contributed by atoms with Crippen molar-refractivity contribution in [2.75, 3.05) is 31.1 Å². The average Bonchev–Trinajstić information content (AvgIpc) is 3.05. The molecule has 2 nitrogen and oxygen atoms in total. The Kier molecular flexibility index (Phi) is 4.30. The van der Waals surface area contributed by atoms with Crippen LogP contribution in [0.4, 0.5) is 0 Å². The molecule has 98 valence electrons. The van der Waals surface area contributed by atoms with Gasteiger partial charge in [0.1, 0.15) is 0 Å². The van der Waals surface area contributed by atoms with Crippen molar-refractivity contribution < 1.29 is 0 Å². The van der Waals surface area contributed by atoms with Gasteiger partial charge in [0.25, 0.3) is 0 Å². The van der Waals surface area contributed by atoms with Crippen LogP contribution in [0.25, 0.3) is 0 Å². The van der Waals surface area contributed by atoms with Crippen LogP contribution in [-0.4, -0.2) is 48.1 Å². The van der Waals surface area contributed by atoms with E-state index in [1.165, 1.54) is 69.7 Å². The molecule has 0 spiro atoms. The van der Waals surface area contributed by atoms with Crippen LogP contribution in [0.3, 0.4) is 0 Å². The Balaban J connectivity index is 1.27. The molecule has 3 rings (SSSR count). The van der Waals surface area contributed by atoms with Gasteiger partial charge in [-0.2, -0.15) is 11.8 Å². The molecule has 0 aromatic heterocycles. The second-order valence-electron chi connectivity index (χ2n) is 6.03. The Morgan fingerprint density at radius 3 is 2.94 bits per heavy atom. The number of fused-ring (bicyclic) bond motifs is 1. The van der Waals surface area contributed by atoms with Crippen LogP contribution in [0, 0.1) is 5.92 Å². The van der Waals surface area contributed by atoms with Crippen LogP contribution in [0.5, 0.6) is 0 Å². The number of piperidine rings is 1. The van der Waals surface area contributed by atoms with E-state index < -0.39 is 0 Å². The second-order valence-corrected chi connectivity index (χ2v) is 7.18. The van der Waals surface area contributed by atoms with E-state index in [1.54, 1.807) is 0 Å². The molecular weight excluding hydrogens is 228 g/mol. The fraction of sp³-hybridized carbons (Fsp3) is 1.00. The quantitative estimate of drug-likeness (QED) is 0.733. The third-order valence-electron chi connectivity index (χ3n) is 4.55. The van der Waals surface area contributed by atoms with Crippen molar-refractivity contribution >= 4 is 11.8 Å². The van der Waals surface area contributed by atoms with Crippen molar-refractivity contribution in [2.24, 2.45) is 5.92 Å². The van der Waals surface area contributed by atoms with Crippen molar-refractivity contribution in [3.05, 3.63) is 0 Å². The summed E-state index contributed by atoms with van der Waals surface area (Å²) in [6, 6.07) is 1.73. The third-order valence-corrected chi connectivity index (χ3v) is 5.75. The summed E-state index contributed by atoms with van der Waals surface area (Å²) >= 11 is 2.16. The van der Waals surface area contributed by atoms with Gasteiger partial charge in [0.15, 0.2) is 0 Å². The van der Waals surface area contributed by atoms with Crippen LogP contribution in [0.1, 0.15) is 38.5 Å². The summed E-state index contributed by atoms with van der Waals surface area (Å²) in [5.41, 5.74) is 0. The predicted molar refractivity (Wildman–Crippen MR) is 75.7 cm³/mol. The van der Waals surface area contributed by atoms with Gasteiger partial charge in [-0.3, -0.25) is 0 Å². The SMILES string of the molecule is C1C[C@H]2C[C@@H](NCCSCC3CC3)CCN2C1. The summed E-state index contributed by atoms with van der Waals surface area (Å²) < 4.78 is 0. The number of thioether (sulfide) groups is 1. The first kappa shape index (κ1) is 12.3. The molecule has 1 aliphatic carbocycles. The van der Waals surface area contributed by atoms with Gasteiger partial charge in [0.2, 0.25) is 0 Å². The van der Waals surface area contributed by atoms with Gasteiger partial charge in [-0.15, -0.1) is 0 Å². The minimum atomic E-state index is 0.816. The third kappa shape index (κ3) is 3.62. The minimum absolute atomic E-state index is 0.816. The van der Waals surface area contributed by atoms with E-state index in [9.17, 15) is 0 Å². The maximum atomic E-state index is 3.78. The number of nitrogens with one attached hydrogen (secondary N) is 1. The van der Waals surface area contributed by atoms with E-state index in [2.05, 4.69) is 22.0 Å². The molecule has 3 fully saturated rings. The largest absolute Gasteiger partial charge is 0.313 e. The number of hydrogen-bond acceptors (Lipinski definition) is 3.